The van der Waals surface area contributed by atoms with Gasteiger partial charge in [0.05, 0.1) is 10.5 Å². The Bertz CT molecular complexity index is 565. The summed E-state index contributed by atoms with van der Waals surface area (Å²) in [5.74, 6) is 1.21. The fourth-order valence-electron chi connectivity index (χ4n) is 1.48. The number of amides is 1. The highest BCUT2D eigenvalue weighted by Gasteiger charge is 2.13. The number of carbonyl (C=O) groups is 1. The van der Waals surface area contributed by atoms with Gasteiger partial charge in [-0.1, -0.05) is 28.1 Å². The van der Waals surface area contributed by atoms with Gasteiger partial charge in [-0.25, -0.2) is 4.98 Å². The second-order valence-corrected chi connectivity index (χ2v) is 5.27. The number of aromatic amines is 1. The fourth-order valence-corrected chi connectivity index (χ4v) is 1.60. The zero-order valence-electron chi connectivity index (χ0n) is 10.1. The van der Waals surface area contributed by atoms with Crippen LogP contribution in [0, 0.1) is 6.92 Å². The average Bonchev–Trinajstić information content (AvgIpc) is 2.76. The molecule has 0 fully saturated rings. The fraction of sp³-hybridized carbons (Fsp3) is 0.250. The Morgan fingerprint density at radius 1 is 1.44 bits per heavy atom. The first-order valence-electron chi connectivity index (χ1n) is 5.51. The number of hydrogen-bond acceptors (Lipinski definition) is 3. The number of nitrogens with zero attached hydrogens (tertiary/aromatic N) is 2. The maximum atomic E-state index is 11.7. The van der Waals surface area contributed by atoms with Gasteiger partial charge in [0.15, 0.2) is 5.82 Å². The quantitative estimate of drug-likeness (QED) is 0.856. The van der Waals surface area contributed by atoms with Crippen LogP contribution in [-0.4, -0.2) is 25.9 Å². The van der Waals surface area contributed by atoms with E-state index in [-0.39, 0.29) is 10.7 Å². The molecule has 2 rings (SSSR count). The van der Waals surface area contributed by atoms with Crippen LogP contribution < -0.4 is 5.32 Å². The van der Waals surface area contributed by atoms with Crippen LogP contribution in [0.2, 0.25) is 0 Å². The zero-order chi connectivity index (χ0) is 13.1. The number of rotatable bonds is 3. The van der Waals surface area contributed by atoms with Crippen molar-refractivity contribution in [2.75, 3.05) is 5.32 Å². The van der Waals surface area contributed by atoms with Crippen molar-refractivity contribution in [3.05, 3.63) is 30.1 Å². The smallest absolute Gasteiger partial charge is 0.237 e. The number of nitrogens with one attached hydrogen (secondary N) is 2. The van der Waals surface area contributed by atoms with Gasteiger partial charge in [0.25, 0.3) is 0 Å². The number of H-pyrrole nitrogens is 1. The summed E-state index contributed by atoms with van der Waals surface area (Å²) in [4.78, 5) is 15.7. The number of aryl methyl sites for hydroxylation is 1. The summed E-state index contributed by atoms with van der Waals surface area (Å²) in [6.07, 6.45) is 0. The third-order valence-corrected chi connectivity index (χ3v) is 2.80. The van der Waals surface area contributed by atoms with Gasteiger partial charge < -0.3 is 5.32 Å². The lowest BCUT2D eigenvalue weighted by molar-refractivity contribution is -0.115. The minimum absolute atomic E-state index is 0.102. The van der Waals surface area contributed by atoms with Crippen molar-refractivity contribution in [1.82, 2.24) is 15.2 Å². The Balaban J connectivity index is 2.34. The second-order valence-electron chi connectivity index (χ2n) is 3.90. The molecule has 1 unspecified atom stereocenters. The molecule has 5 nitrogen and oxygen atoms in total. The lowest BCUT2D eigenvalue weighted by atomic mass is 10.1. The molecule has 0 spiro atoms. The van der Waals surface area contributed by atoms with Crippen LogP contribution >= 0.6 is 15.9 Å². The van der Waals surface area contributed by atoms with E-state index in [9.17, 15) is 4.79 Å². The minimum Gasteiger partial charge on any atom is -0.324 e. The van der Waals surface area contributed by atoms with Gasteiger partial charge in [-0.05, 0) is 26.0 Å². The molecule has 0 aliphatic carbocycles. The number of benzene rings is 1. The number of para-hydroxylation sites is 1. The molecule has 0 saturated heterocycles. The molecule has 1 aromatic carbocycles. The molecular weight excluding hydrogens is 296 g/mol. The van der Waals surface area contributed by atoms with Crippen LogP contribution in [0.3, 0.4) is 0 Å². The van der Waals surface area contributed by atoms with E-state index in [1.807, 2.05) is 31.2 Å². The molecule has 0 aliphatic heterocycles. The maximum Gasteiger partial charge on any atom is 0.237 e. The summed E-state index contributed by atoms with van der Waals surface area (Å²) in [6.45, 7) is 3.60. The summed E-state index contributed by atoms with van der Waals surface area (Å²) in [5.41, 5.74) is 1.50. The van der Waals surface area contributed by atoms with Crippen molar-refractivity contribution in [3.8, 4) is 11.4 Å². The lowest BCUT2D eigenvalue weighted by Crippen LogP contribution is -2.20. The summed E-state index contributed by atoms with van der Waals surface area (Å²) in [5, 5.41) is 9.73. The van der Waals surface area contributed by atoms with Crippen molar-refractivity contribution in [2.45, 2.75) is 18.7 Å². The van der Waals surface area contributed by atoms with Gasteiger partial charge in [-0.2, -0.15) is 5.10 Å². The van der Waals surface area contributed by atoms with E-state index in [1.165, 1.54) is 0 Å². The van der Waals surface area contributed by atoms with Gasteiger partial charge >= 0.3 is 0 Å². The highest BCUT2D eigenvalue weighted by molar-refractivity contribution is 9.10. The highest BCUT2D eigenvalue weighted by Crippen LogP contribution is 2.25. The number of aromatic nitrogens is 3. The molecule has 0 saturated carbocycles. The van der Waals surface area contributed by atoms with Gasteiger partial charge in [0.2, 0.25) is 5.91 Å². The van der Waals surface area contributed by atoms with E-state index < -0.39 is 0 Å². The van der Waals surface area contributed by atoms with Crippen molar-refractivity contribution in [3.63, 3.8) is 0 Å². The van der Waals surface area contributed by atoms with E-state index in [0.717, 1.165) is 11.4 Å². The normalized spacial score (nSPS) is 12.2. The Morgan fingerprint density at radius 3 is 2.78 bits per heavy atom. The summed E-state index contributed by atoms with van der Waals surface area (Å²) in [6, 6.07) is 7.44. The van der Waals surface area contributed by atoms with Crippen molar-refractivity contribution >= 4 is 27.5 Å². The molecule has 2 aromatic rings. The largest absolute Gasteiger partial charge is 0.324 e. The monoisotopic (exact) mass is 308 g/mol. The third kappa shape index (κ3) is 2.76. The number of carbonyl (C=O) groups excluding carboxylic acids is 1. The summed E-state index contributed by atoms with van der Waals surface area (Å²) < 4.78 is 0. The number of hydrogen-bond donors (Lipinski definition) is 2. The van der Waals surface area contributed by atoms with Crippen molar-refractivity contribution in [1.29, 1.82) is 0 Å². The predicted octanol–water partition coefficient (Wildman–Crippen LogP) is 2.50. The molecule has 0 radical (unpaired) electrons. The summed E-state index contributed by atoms with van der Waals surface area (Å²) >= 11 is 3.23. The van der Waals surface area contributed by atoms with Crippen LogP contribution in [0.1, 0.15) is 12.7 Å². The number of anilines is 1. The van der Waals surface area contributed by atoms with Crippen LogP contribution in [-0.2, 0) is 4.79 Å². The highest BCUT2D eigenvalue weighted by atomic mass is 79.9. The molecule has 18 heavy (non-hydrogen) atoms. The van der Waals surface area contributed by atoms with Crippen molar-refractivity contribution in [2.24, 2.45) is 0 Å². The SMILES string of the molecule is Cc1nc(-c2ccccc2NC(=O)C(C)Br)n[nH]1. The molecule has 6 heteroatoms. The molecule has 1 aromatic heterocycles. The van der Waals surface area contributed by atoms with E-state index in [1.54, 1.807) is 6.92 Å². The number of alkyl halides is 1. The molecule has 1 amide bonds. The first-order chi connectivity index (χ1) is 8.58. The Labute approximate surface area is 113 Å². The van der Waals surface area contributed by atoms with Crippen LogP contribution in [0.4, 0.5) is 5.69 Å². The second kappa shape index (κ2) is 5.30. The lowest BCUT2D eigenvalue weighted by Gasteiger charge is -2.09. The molecule has 0 bridgehead atoms. The van der Waals surface area contributed by atoms with Crippen molar-refractivity contribution < 1.29 is 4.79 Å². The molecule has 0 aliphatic rings. The van der Waals surface area contributed by atoms with Crippen LogP contribution in [0.5, 0.6) is 0 Å². The van der Waals surface area contributed by atoms with Crippen LogP contribution in [0.25, 0.3) is 11.4 Å². The molecule has 2 N–H and O–H groups in total. The van der Waals surface area contributed by atoms with Gasteiger partial charge in [0, 0.05) is 5.56 Å². The zero-order valence-corrected chi connectivity index (χ0v) is 11.7. The van der Waals surface area contributed by atoms with E-state index in [0.29, 0.717) is 11.5 Å². The molecular formula is C12H13BrN4O. The topological polar surface area (TPSA) is 70.7 Å². The third-order valence-electron chi connectivity index (χ3n) is 2.38. The number of halogens is 1. The molecule has 1 atom stereocenters. The molecule has 1 heterocycles. The Hall–Kier alpha value is -1.69. The Morgan fingerprint density at radius 2 is 2.17 bits per heavy atom. The standard InChI is InChI=1S/C12H13BrN4O/c1-7(13)12(18)15-10-6-4-3-5-9(10)11-14-8(2)16-17-11/h3-7H,1-2H3,(H,15,18)(H,14,16,17). The van der Waals surface area contributed by atoms with Gasteiger partial charge in [-0.3, -0.25) is 9.89 Å². The predicted molar refractivity (Wildman–Crippen MR) is 73.6 cm³/mol. The van der Waals surface area contributed by atoms with Gasteiger partial charge in [0.1, 0.15) is 5.82 Å². The first-order valence-corrected chi connectivity index (χ1v) is 6.43. The maximum absolute atomic E-state index is 11.7. The molecule has 94 valence electrons. The van der Waals surface area contributed by atoms with Gasteiger partial charge in [-0.15, -0.1) is 0 Å². The van der Waals surface area contributed by atoms with E-state index >= 15 is 0 Å². The minimum atomic E-state index is -0.251. The Kier molecular flexibility index (Phi) is 3.76. The van der Waals surface area contributed by atoms with E-state index in [2.05, 4.69) is 36.4 Å². The first kappa shape index (κ1) is 12.8. The summed E-state index contributed by atoms with van der Waals surface area (Å²) in [7, 11) is 0. The average molecular weight is 309 g/mol. The van der Waals surface area contributed by atoms with E-state index in [4.69, 9.17) is 0 Å². The van der Waals surface area contributed by atoms with Crippen LogP contribution in [0.15, 0.2) is 24.3 Å².